The molecule has 0 spiro atoms. The van der Waals surface area contributed by atoms with Crippen LogP contribution in [0.15, 0.2) is 30.5 Å². The van der Waals surface area contributed by atoms with Crippen molar-refractivity contribution >= 4 is 17.3 Å². The van der Waals surface area contributed by atoms with E-state index in [0.29, 0.717) is 6.04 Å². The Balaban J connectivity index is 1.48. The molecule has 172 valence electrons. The number of thiocarbonyl (C=S) groups is 1. The van der Waals surface area contributed by atoms with Gasteiger partial charge in [-0.1, -0.05) is 18.9 Å². The SMILES string of the molecule is Cc1cc([C@H]2[C@H](c3ccccn3)NC(=S)N2CCN2CCOCC2)c(C)n1C1CCCC1. The number of ether oxygens (including phenoxy) is 1. The van der Waals surface area contributed by atoms with Crippen molar-refractivity contribution in [3.8, 4) is 0 Å². The number of aromatic nitrogens is 2. The minimum atomic E-state index is 0.0610. The van der Waals surface area contributed by atoms with Crippen LogP contribution < -0.4 is 5.32 Å². The van der Waals surface area contributed by atoms with Gasteiger partial charge in [0.1, 0.15) is 0 Å². The second-order valence-corrected chi connectivity index (χ2v) is 9.80. The van der Waals surface area contributed by atoms with Crippen molar-refractivity contribution in [2.75, 3.05) is 39.4 Å². The fraction of sp³-hybridized carbons (Fsp3) is 0.600. The van der Waals surface area contributed by atoms with E-state index in [2.05, 4.69) is 51.7 Å². The fourth-order valence-electron chi connectivity index (χ4n) is 5.89. The second kappa shape index (κ2) is 9.49. The zero-order chi connectivity index (χ0) is 22.1. The lowest BCUT2D eigenvalue weighted by Crippen LogP contribution is -2.42. The number of nitrogens with zero attached hydrogens (tertiary/aromatic N) is 4. The summed E-state index contributed by atoms with van der Waals surface area (Å²) in [5.74, 6) is 0. The minimum absolute atomic E-state index is 0.0610. The third-order valence-corrected chi connectivity index (χ3v) is 7.84. The molecule has 32 heavy (non-hydrogen) atoms. The molecular formula is C25H35N5OS. The zero-order valence-corrected chi connectivity index (χ0v) is 20.1. The van der Waals surface area contributed by atoms with Crippen LogP contribution in [-0.4, -0.2) is 63.9 Å². The first-order chi connectivity index (χ1) is 15.6. The van der Waals surface area contributed by atoms with Crippen LogP contribution >= 0.6 is 12.2 Å². The number of hydrogen-bond acceptors (Lipinski definition) is 4. The maximum absolute atomic E-state index is 5.89. The molecule has 0 amide bonds. The molecule has 2 saturated heterocycles. The maximum atomic E-state index is 5.89. The van der Waals surface area contributed by atoms with Gasteiger partial charge < -0.3 is 19.5 Å². The molecule has 4 heterocycles. The van der Waals surface area contributed by atoms with Crippen LogP contribution in [0.25, 0.3) is 0 Å². The van der Waals surface area contributed by atoms with Crippen LogP contribution in [0.1, 0.15) is 66.5 Å². The van der Waals surface area contributed by atoms with Crippen LogP contribution in [0.2, 0.25) is 0 Å². The van der Waals surface area contributed by atoms with Crippen molar-refractivity contribution < 1.29 is 4.74 Å². The van der Waals surface area contributed by atoms with E-state index in [1.165, 1.54) is 42.6 Å². The first-order valence-electron chi connectivity index (χ1n) is 12.1. The molecule has 2 aromatic rings. The van der Waals surface area contributed by atoms with Gasteiger partial charge in [-0.25, -0.2) is 0 Å². The van der Waals surface area contributed by atoms with Crippen molar-refractivity contribution in [1.82, 2.24) is 24.7 Å². The summed E-state index contributed by atoms with van der Waals surface area (Å²) in [7, 11) is 0. The van der Waals surface area contributed by atoms with E-state index in [4.69, 9.17) is 21.9 Å². The Morgan fingerprint density at radius 2 is 1.91 bits per heavy atom. The normalized spacial score (nSPS) is 24.9. The molecule has 6 nitrogen and oxygen atoms in total. The molecule has 1 saturated carbocycles. The Kier molecular flexibility index (Phi) is 6.49. The molecule has 3 fully saturated rings. The number of pyridine rings is 1. The van der Waals surface area contributed by atoms with Crippen molar-refractivity contribution in [2.24, 2.45) is 0 Å². The van der Waals surface area contributed by atoms with Crippen LogP contribution in [0.3, 0.4) is 0 Å². The first kappa shape index (κ1) is 21.9. The van der Waals surface area contributed by atoms with E-state index >= 15 is 0 Å². The number of morpholine rings is 1. The van der Waals surface area contributed by atoms with Crippen molar-refractivity contribution in [2.45, 2.75) is 57.7 Å². The molecule has 1 N–H and O–H groups in total. The minimum Gasteiger partial charge on any atom is -0.379 e. The topological polar surface area (TPSA) is 45.6 Å². The molecule has 0 radical (unpaired) electrons. The third-order valence-electron chi connectivity index (χ3n) is 7.49. The Morgan fingerprint density at radius 1 is 1.12 bits per heavy atom. The van der Waals surface area contributed by atoms with Crippen LogP contribution in [0.5, 0.6) is 0 Å². The van der Waals surface area contributed by atoms with Gasteiger partial charge in [0.05, 0.1) is 31.0 Å². The highest BCUT2D eigenvalue weighted by molar-refractivity contribution is 7.80. The number of rotatable bonds is 6. The molecule has 3 aliphatic rings. The van der Waals surface area contributed by atoms with Gasteiger partial charge in [-0.05, 0) is 62.7 Å². The summed E-state index contributed by atoms with van der Waals surface area (Å²) >= 11 is 5.89. The van der Waals surface area contributed by atoms with Crippen molar-refractivity contribution in [3.05, 3.63) is 53.1 Å². The van der Waals surface area contributed by atoms with Gasteiger partial charge in [0.25, 0.3) is 0 Å². The van der Waals surface area contributed by atoms with Crippen molar-refractivity contribution in [3.63, 3.8) is 0 Å². The number of hydrogen-bond donors (Lipinski definition) is 1. The lowest BCUT2D eigenvalue weighted by Gasteiger charge is -2.32. The molecule has 0 unspecified atom stereocenters. The molecule has 0 bridgehead atoms. The first-order valence-corrected chi connectivity index (χ1v) is 12.5. The molecule has 1 aliphatic carbocycles. The molecule has 2 aliphatic heterocycles. The van der Waals surface area contributed by atoms with Gasteiger partial charge in [-0.15, -0.1) is 0 Å². The summed E-state index contributed by atoms with van der Waals surface area (Å²) in [6.07, 6.45) is 7.15. The van der Waals surface area contributed by atoms with E-state index in [-0.39, 0.29) is 12.1 Å². The highest BCUT2D eigenvalue weighted by Gasteiger charge is 2.41. The predicted molar refractivity (Wildman–Crippen MR) is 131 cm³/mol. The lowest BCUT2D eigenvalue weighted by atomic mass is 9.96. The summed E-state index contributed by atoms with van der Waals surface area (Å²) in [5, 5.41) is 4.46. The zero-order valence-electron chi connectivity index (χ0n) is 19.3. The van der Waals surface area contributed by atoms with Gasteiger partial charge in [0, 0.05) is 49.8 Å². The summed E-state index contributed by atoms with van der Waals surface area (Å²) in [4.78, 5) is 9.60. The quantitative estimate of drug-likeness (QED) is 0.669. The highest BCUT2D eigenvalue weighted by Crippen LogP contribution is 2.42. The summed E-state index contributed by atoms with van der Waals surface area (Å²) in [6, 6.07) is 9.43. The molecule has 0 aromatic carbocycles. The fourth-order valence-corrected chi connectivity index (χ4v) is 6.22. The van der Waals surface area contributed by atoms with Gasteiger partial charge in [-0.3, -0.25) is 9.88 Å². The van der Waals surface area contributed by atoms with Crippen LogP contribution in [-0.2, 0) is 4.74 Å². The molecular weight excluding hydrogens is 418 g/mol. The van der Waals surface area contributed by atoms with E-state index in [0.717, 1.165) is 50.2 Å². The molecule has 2 atom stereocenters. The summed E-state index contributed by atoms with van der Waals surface area (Å²) in [5.41, 5.74) is 5.21. The average Bonchev–Trinajstić information content (AvgIpc) is 3.52. The van der Waals surface area contributed by atoms with Crippen LogP contribution in [0, 0.1) is 13.8 Å². The van der Waals surface area contributed by atoms with E-state index in [9.17, 15) is 0 Å². The lowest BCUT2D eigenvalue weighted by molar-refractivity contribution is 0.0350. The third kappa shape index (κ3) is 4.18. The van der Waals surface area contributed by atoms with Gasteiger partial charge in [-0.2, -0.15) is 0 Å². The maximum Gasteiger partial charge on any atom is 0.170 e. The Morgan fingerprint density at radius 3 is 2.62 bits per heavy atom. The summed E-state index contributed by atoms with van der Waals surface area (Å²) < 4.78 is 8.13. The Bertz CT molecular complexity index is 933. The molecule has 7 heteroatoms. The van der Waals surface area contributed by atoms with Crippen molar-refractivity contribution in [1.29, 1.82) is 0 Å². The largest absolute Gasteiger partial charge is 0.379 e. The smallest absolute Gasteiger partial charge is 0.170 e. The van der Waals surface area contributed by atoms with Gasteiger partial charge in [0.2, 0.25) is 0 Å². The highest BCUT2D eigenvalue weighted by atomic mass is 32.1. The standard InChI is InChI=1S/C25H35N5OS/c1-18-17-21(19(2)30(18)20-7-3-4-8-20)24-23(22-9-5-6-10-26-22)27-25(32)29(24)12-11-28-13-15-31-16-14-28/h5-6,9-10,17,20,23-24H,3-4,7-8,11-16H2,1-2H3,(H,27,32)/t23-,24-/m0/s1. The Hall–Kier alpha value is -1.96. The molecule has 2 aromatic heterocycles. The molecule has 5 rings (SSSR count). The number of nitrogens with one attached hydrogen (secondary N) is 1. The average molecular weight is 454 g/mol. The van der Waals surface area contributed by atoms with Gasteiger partial charge in [0.15, 0.2) is 5.11 Å². The monoisotopic (exact) mass is 453 g/mol. The van der Waals surface area contributed by atoms with Gasteiger partial charge >= 0.3 is 0 Å². The number of aryl methyl sites for hydroxylation is 1. The van der Waals surface area contributed by atoms with E-state index < -0.39 is 0 Å². The second-order valence-electron chi connectivity index (χ2n) is 9.41. The summed E-state index contributed by atoms with van der Waals surface area (Å²) in [6.45, 7) is 10.1. The predicted octanol–water partition coefficient (Wildman–Crippen LogP) is 3.92. The van der Waals surface area contributed by atoms with E-state index in [1.54, 1.807) is 0 Å². The van der Waals surface area contributed by atoms with E-state index in [1.807, 2.05) is 12.3 Å². The van der Waals surface area contributed by atoms with Crippen LogP contribution in [0.4, 0.5) is 0 Å². The Labute approximate surface area is 196 Å².